The highest BCUT2D eigenvalue weighted by Crippen LogP contribution is 2.33. The summed E-state index contributed by atoms with van der Waals surface area (Å²) in [6, 6.07) is 18.2. The Hall–Kier alpha value is -3.15. The van der Waals surface area contributed by atoms with E-state index in [0.29, 0.717) is 18.9 Å². The van der Waals surface area contributed by atoms with Gasteiger partial charge in [0, 0.05) is 12.6 Å². The van der Waals surface area contributed by atoms with Crippen molar-refractivity contribution in [3.8, 4) is 0 Å². The second-order valence-corrected chi connectivity index (χ2v) is 10.5. The van der Waals surface area contributed by atoms with Crippen LogP contribution in [0.5, 0.6) is 0 Å². The molecule has 1 saturated carbocycles. The van der Waals surface area contributed by atoms with Crippen molar-refractivity contribution in [2.24, 2.45) is 0 Å². The van der Waals surface area contributed by atoms with Crippen molar-refractivity contribution in [3.05, 3.63) is 66.0 Å². The first-order chi connectivity index (χ1) is 17.0. The Morgan fingerprint density at radius 1 is 1.03 bits per heavy atom. The maximum atomic E-state index is 14.0. The van der Waals surface area contributed by atoms with Crippen molar-refractivity contribution in [1.82, 2.24) is 19.8 Å². The largest absolute Gasteiger partial charge is 0.351 e. The summed E-state index contributed by atoms with van der Waals surface area (Å²) < 4.78 is 1.94. The van der Waals surface area contributed by atoms with Gasteiger partial charge >= 0.3 is 0 Å². The number of carbonyl (C=O) groups excluding carboxylic acids is 2. The molecule has 6 heteroatoms. The zero-order chi connectivity index (χ0) is 24.4. The Kier molecular flexibility index (Phi) is 6.63. The molecule has 2 heterocycles. The average Bonchev–Trinajstić information content (AvgIpc) is 3.22. The first-order valence-corrected chi connectivity index (χ1v) is 13.1. The molecule has 184 valence electrons. The number of carbonyl (C=O) groups is 2. The number of hydrogen-bond donors (Lipinski definition) is 1. The van der Waals surface area contributed by atoms with Crippen LogP contribution in [-0.4, -0.2) is 44.4 Å². The van der Waals surface area contributed by atoms with Crippen LogP contribution in [0.25, 0.3) is 11.0 Å². The van der Waals surface area contributed by atoms with Gasteiger partial charge in [-0.1, -0.05) is 81.5 Å². The summed E-state index contributed by atoms with van der Waals surface area (Å²) in [4.78, 5) is 34.4. The third kappa shape index (κ3) is 4.58. The molecule has 1 fully saturated rings. The molecule has 2 amide bonds. The van der Waals surface area contributed by atoms with Crippen molar-refractivity contribution in [2.75, 3.05) is 6.54 Å². The minimum Gasteiger partial charge on any atom is -0.351 e. The van der Waals surface area contributed by atoms with Gasteiger partial charge in [-0.05, 0) is 43.4 Å². The van der Waals surface area contributed by atoms with E-state index in [1.807, 2.05) is 54.0 Å². The molecule has 6 nitrogen and oxygen atoms in total. The van der Waals surface area contributed by atoms with Crippen molar-refractivity contribution in [3.63, 3.8) is 0 Å². The third-order valence-electron chi connectivity index (χ3n) is 7.91. The molecule has 0 spiro atoms. The van der Waals surface area contributed by atoms with E-state index in [1.165, 1.54) is 19.3 Å². The van der Waals surface area contributed by atoms with Crippen LogP contribution < -0.4 is 5.32 Å². The van der Waals surface area contributed by atoms with Crippen LogP contribution in [0.3, 0.4) is 0 Å². The quantitative estimate of drug-likeness (QED) is 0.549. The molecule has 1 N–H and O–H groups in total. The number of fused-ring (bicyclic) bond motifs is 3. The number of nitrogens with zero attached hydrogens (tertiary/aromatic N) is 3. The van der Waals surface area contributed by atoms with Gasteiger partial charge in [0.05, 0.1) is 17.6 Å². The van der Waals surface area contributed by atoms with Gasteiger partial charge in [-0.25, -0.2) is 4.98 Å². The highest BCUT2D eigenvalue weighted by atomic mass is 16.2. The number of rotatable bonds is 5. The number of benzene rings is 2. The van der Waals surface area contributed by atoms with Gasteiger partial charge in [0.25, 0.3) is 5.91 Å². The molecule has 1 aliphatic heterocycles. The number of nitrogens with one attached hydrogen (secondary N) is 1. The average molecular weight is 473 g/mol. The second kappa shape index (κ2) is 9.84. The molecule has 0 bridgehead atoms. The molecule has 0 radical (unpaired) electrons. The van der Waals surface area contributed by atoms with Crippen LogP contribution >= 0.6 is 0 Å². The van der Waals surface area contributed by atoms with Crippen molar-refractivity contribution >= 4 is 22.8 Å². The summed E-state index contributed by atoms with van der Waals surface area (Å²) in [6.45, 7) is 4.90. The van der Waals surface area contributed by atoms with E-state index >= 15 is 0 Å². The molecule has 3 aromatic rings. The summed E-state index contributed by atoms with van der Waals surface area (Å²) in [6.07, 6.45) is 8.05. The standard InChI is InChI=1S/C29H36N4O2/c1-21(22-13-7-6-8-14-22)19-33-27(34)26-31-24-17-11-12-18-25(24)32(26)20-29(33,2)28(35)30-23-15-9-4-3-5-10-16-23/h6-8,11-14,17-18,21,23H,3-5,9-10,15-16,19-20H2,1-2H3,(H,30,35)/t21-,29+/m1/s1. The number of aromatic nitrogens is 2. The topological polar surface area (TPSA) is 67.2 Å². The molecule has 2 aliphatic rings. The molecule has 2 atom stereocenters. The molecule has 0 unspecified atom stereocenters. The molecule has 0 saturated heterocycles. The monoisotopic (exact) mass is 472 g/mol. The molecular weight excluding hydrogens is 436 g/mol. The highest BCUT2D eigenvalue weighted by Gasteiger charge is 2.49. The molecule has 2 aromatic carbocycles. The summed E-state index contributed by atoms with van der Waals surface area (Å²) in [5.74, 6) is 0.276. The van der Waals surface area contributed by atoms with E-state index in [0.717, 1.165) is 42.3 Å². The van der Waals surface area contributed by atoms with Crippen molar-refractivity contribution < 1.29 is 9.59 Å². The van der Waals surface area contributed by atoms with Crippen LogP contribution in [0.15, 0.2) is 54.6 Å². The Morgan fingerprint density at radius 3 is 2.43 bits per heavy atom. The first-order valence-electron chi connectivity index (χ1n) is 13.1. The minimum absolute atomic E-state index is 0.0554. The Labute approximate surface area is 207 Å². The van der Waals surface area contributed by atoms with Gasteiger partial charge in [0.1, 0.15) is 5.54 Å². The zero-order valence-electron chi connectivity index (χ0n) is 20.9. The lowest BCUT2D eigenvalue weighted by Crippen LogP contribution is -2.65. The SMILES string of the molecule is C[C@H](CN1C(=O)c2nc3ccccc3n2C[C@@]1(C)C(=O)NC1CCCCCCC1)c1ccccc1. The Balaban J connectivity index is 1.49. The second-order valence-electron chi connectivity index (χ2n) is 10.5. The van der Waals surface area contributed by atoms with E-state index in [9.17, 15) is 9.59 Å². The number of para-hydroxylation sites is 2. The molecule has 5 rings (SSSR count). The minimum atomic E-state index is -1.00. The van der Waals surface area contributed by atoms with Crippen molar-refractivity contribution in [1.29, 1.82) is 0 Å². The number of imidazole rings is 1. The normalized spacial score (nSPS) is 22.3. The fraction of sp³-hybridized carbons (Fsp3) is 0.483. The first kappa shape index (κ1) is 23.6. The fourth-order valence-electron chi connectivity index (χ4n) is 5.72. The fourth-order valence-corrected chi connectivity index (χ4v) is 5.72. The van der Waals surface area contributed by atoms with Gasteiger partial charge in [0.15, 0.2) is 5.82 Å². The number of amides is 2. The van der Waals surface area contributed by atoms with Crippen molar-refractivity contribution in [2.45, 2.75) is 82.8 Å². The predicted octanol–water partition coefficient (Wildman–Crippen LogP) is 5.28. The Bertz CT molecular complexity index is 1200. The van der Waals surface area contributed by atoms with Gasteiger partial charge < -0.3 is 14.8 Å². The van der Waals surface area contributed by atoms with E-state index in [-0.39, 0.29) is 23.8 Å². The van der Waals surface area contributed by atoms with Crippen LogP contribution in [0.1, 0.15) is 80.9 Å². The van der Waals surface area contributed by atoms with Gasteiger partial charge in [-0.3, -0.25) is 9.59 Å². The van der Waals surface area contributed by atoms with Crippen LogP contribution in [-0.2, 0) is 11.3 Å². The highest BCUT2D eigenvalue weighted by molar-refractivity contribution is 6.01. The van der Waals surface area contributed by atoms with Crippen LogP contribution in [0.4, 0.5) is 0 Å². The van der Waals surface area contributed by atoms with Crippen LogP contribution in [0.2, 0.25) is 0 Å². The van der Waals surface area contributed by atoms with Gasteiger partial charge in [-0.2, -0.15) is 0 Å². The summed E-state index contributed by atoms with van der Waals surface area (Å²) in [5.41, 5.74) is 1.84. The predicted molar refractivity (Wildman–Crippen MR) is 138 cm³/mol. The maximum absolute atomic E-state index is 14.0. The van der Waals surface area contributed by atoms with E-state index in [2.05, 4.69) is 29.4 Å². The molecule has 1 aromatic heterocycles. The van der Waals surface area contributed by atoms with Gasteiger partial charge in [-0.15, -0.1) is 0 Å². The van der Waals surface area contributed by atoms with E-state index in [1.54, 1.807) is 4.90 Å². The molecule has 1 aliphatic carbocycles. The number of hydrogen-bond acceptors (Lipinski definition) is 3. The summed E-state index contributed by atoms with van der Waals surface area (Å²) in [5, 5.41) is 3.36. The third-order valence-corrected chi connectivity index (χ3v) is 7.91. The lowest BCUT2D eigenvalue weighted by Gasteiger charge is -2.45. The van der Waals surface area contributed by atoms with Crippen LogP contribution in [0, 0.1) is 0 Å². The molecule has 35 heavy (non-hydrogen) atoms. The van der Waals surface area contributed by atoms with E-state index in [4.69, 9.17) is 0 Å². The lowest BCUT2D eigenvalue weighted by atomic mass is 9.90. The maximum Gasteiger partial charge on any atom is 0.290 e. The summed E-state index contributed by atoms with van der Waals surface area (Å²) >= 11 is 0. The smallest absolute Gasteiger partial charge is 0.290 e. The zero-order valence-corrected chi connectivity index (χ0v) is 20.9. The lowest BCUT2D eigenvalue weighted by molar-refractivity contribution is -0.133. The summed E-state index contributed by atoms with van der Waals surface area (Å²) in [7, 11) is 0. The van der Waals surface area contributed by atoms with Gasteiger partial charge in [0.2, 0.25) is 5.91 Å². The Morgan fingerprint density at radius 2 is 1.69 bits per heavy atom. The molecular formula is C29H36N4O2. The van der Waals surface area contributed by atoms with E-state index < -0.39 is 5.54 Å².